The van der Waals surface area contributed by atoms with E-state index in [0.29, 0.717) is 13.0 Å². The van der Waals surface area contributed by atoms with Crippen LogP contribution in [-0.2, 0) is 9.53 Å². The molecule has 0 aliphatic heterocycles. The van der Waals surface area contributed by atoms with Gasteiger partial charge in [0.05, 0.1) is 12.5 Å². The summed E-state index contributed by atoms with van der Waals surface area (Å²) in [6, 6.07) is 0. The average molecular weight is 413 g/mol. The van der Waals surface area contributed by atoms with Crippen molar-refractivity contribution in [1.29, 1.82) is 0 Å². The summed E-state index contributed by atoms with van der Waals surface area (Å²) in [7, 11) is 1.73. The van der Waals surface area contributed by atoms with Gasteiger partial charge in [-0.25, -0.2) is 0 Å². The molecule has 0 aromatic rings. The number of halogens is 1. The lowest BCUT2D eigenvalue weighted by Crippen LogP contribution is -2.38. The summed E-state index contributed by atoms with van der Waals surface area (Å²) in [5, 5.41) is 6.36. The Morgan fingerprint density at radius 1 is 1.10 bits per heavy atom. The van der Waals surface area contributed by atoms with Crippen molar-refractivity contribution >= 4 is 35.9 Å². The normalized spacial score (nSPS) is 11.3. The largest absolute Gasteiger partial charge is 0.463 e. The van der Waals surface area contributed by atoms with E-state index in [2.05, 4.69) is 29.5 Å². The van der Waals surface area contributed by atoms with Crippen LogP contribution in [0.3, 0.4) is 0 Å². The zero-order chi connectivity index (χ0) is 15.4. The number of nitrogens with zero attached hydrogens (tertiary/aromatic N) is 1. The number of guanidine groups is 1. The molecule has 5 nitrogen and oxygen atoms in total. The highest BCUT2D eigenvalue weighted by atomic mass is 127. The minimum absolute atomic E-state index is 0. The van der Waals surface area contributed by atoms with Crippen molar-refractivity contribution in [2.75, 3.05) is 20.1 Å². The lowest BCUT2D eigenvalue weighted by Gasteiger charge is -2.12. The number of carbonyl (C=O) groups excluding carboxylic acids is 1. The van der Waals surface area contributed by atoms with Gasteiger partial charge in [0.2, 0.25) is 0 Å². The van der Waals surface area contributed by atoms with Crippen LogP contribution < -0.4 is 10.6 Å². The number of hydrogen-bond acceptors (Lipinski definition) is 3. The minimum atomic E-state index is -0.181. The summed E-state index contributed by atoms with van der Waals surface area (Å²) >= 11 is 0. The fraction of sp³-hybridized carbons (Fsp3) is 0.867. The number of aliphatic imine (C=N–C) groups is 1. The van der Waals surface area contributed by atoms with E-state index in [-0.39, 0.29) is 36.0 Å². The van der Waals surface area contributed by atoms with E-state index in [1.807, 2.05) is 13.8 Å². The molecule has 0 fully saturated rings. The molecule has 21 heavy (non-hydrogen) atoms. The Labute approximate surface area is 146 Å². The molecule has 126 valence electrons. The van der Waals surface area contributed by atoms with E-state index in [4.69, 9.17) is 4.74 Å². The molecule has 0 unspecified atom stereocenters. The standard InChI is InChI=1S/C15H31N3O2.HI/c1-12(2)8-6-7-10-17-15(16-5)18-11-9-14(19)20-13(3)4;/h12-13H,6-11H2,1-5H3,(H2,16,17,18);1H. The zero-order valence-electron chi connectivity index (χ0n) is 14.1. The number of esters is 1. The van der Waals surface area contributed by atoms with Gasteiger partial charge in [0.25, 0.3) is 0 Å². The van der Waals surface area contributed by atoms with E-state index in [1.54, 1.807) is 7.05 Å². The van der Waals surface area contributed by atoms with Gasteiger partial charge < -0.3 is 15.4 Å². The monoisotopic (exact) mass is 413 g/mol. The topological polar surface area (TPSA) is 62.7 Å². The Morgan fingerprint density at radius 2 is 1.71 bits per heavy atom. The molecular weight excluding hydrogens is 381 g/mol. The Balaban J connectivity index is 0. The summed E-state index contributed by atoms with van der Waals surface area (Å²) in [5.41, 5.74) is 0. The zero-order valence-corrected chi connectivity index (χ0v) is 16.4. The van der Waals surface area contributed by atoms with Crippen LogP contribution in [0.25, 0.3) is 0 Å². The predicted molar refractivity (Wildman–Crippen MR) is 99.3 cm³/mol. The molecule has 0 aromatic carbocycles. The second-order valence-electron chi connectivity index (χ2n) is 5.60. The number of hydrogen-bond donors (Lipinski definition) is 2. The van der Waals surface area contributed by atoms with Crippen molar-refractivity contribution in [3.8, 4) is 0 Å². The molecular formula is C15H32IN3O2. The Morgan fingerprint density at radius 3 is 2.24 bits per heavy atom. The number of ether oxygens (including phenoxy) is 1. The third kappa shape index (κ3) is 15.7. The lowest BCUT2D eigenvalue weighted by atomic mass is 10.1. The van der Waals surface area contributed by atoms with Gasteiger partial charge in [-0.1, -0.05) is 26.7 Å². The Hall–Kier alpha value is -0.530. The number of carbonyl (C=O) groups is 1. The van der Waals surface area contributed by atoms with Crippen molar-refractivity contribution in [2.24, 2.45) is 10.9 Å². The molecule has 0 spiro atoms. The second kappa shape index (κ2) is 14.4. The molecule has 0 heterocycles. The fourth-order valence-electron chi connectivity index (χ4n) is 1.71. The van der Waals surface area contributed by atoms with Crippen molar-refractivity contribution in [3.63, 3.8) is 0 Å². The average Bonchev–Trinajstić information content (AvgIpc) is 2.34. The third-order valence-electron chi connectivity index (χ3n) is 2.71. The van der Waals surface area contributed by atoms with Gasteiger partial charge in [-0.05, 0) is 26.2 Å². The first-order chi connectivity index (χ1) is 9.45. The van der Waals surface area contributed by atoms with Crippen LogP contribution in [0.5, 0.6) is 0 Å². The molecule has 0 atom stereocenters. The van der Waals surface area contributed by atoms with Crippen LogP contribution in [0.1, 0.15) is 53.4 Å². The predicted octanol–water partition coefficient (Wildman–Crippen LogP) is 2.94. The van der Waals surface area contributed by atoms with Crippen molar-refractivity contribution in [1.82, 2.24) is 10.6 Å². The fourth-order valence-corrected chi connectivity index (χ4v) is 1.71. The van der Waals surface area contributed by atoms with Gasteiger partial charge in [0, 0.05) is 20.1 Å². The molecule has 6 heteroatoms. The SMILES string of the molecule is CN=C(NCCCCC(C)C)NCCC(=O)OC(C)C.I. The van der Waals surface area contributed by atoms with Crippen molar-refractivity contribution in [3.05, 3.63) is 0 Å². The van der Waals surface area contributed by atoms with Crippen LogP contribution in [0.2, 0.25) is 0 Å². The molecule has 0 rings (SSSR count). The van der Waals surface area contributed by atoms with Crippen LogP contribution in [-0.4, -0.2) is 38.2 Å². The summed E-state index contributed by atoms with van der Waals surface area (Å²) < 4.78 is 5.06. The number of nitrogens with one attached hydrogen (secondary N) is 2. The van der Waals surface area contributed by atoms with Gasteiger partial charge in [0.1, 0.15) is 0 Å². The highest BCUT2D eigenvalue weighted by molar-refractivity contribution is 14.0. The summed E-state index contributed by atoms with van der Waals surface area (Å²) in [4.78, 5) is 15.5. The van der Waals surface area contributed by atoms with Gasteiger partial charge in [0.15, 0.2) is 5.96 Å². The van der Waals surface area contributed by atoms with E-state index >= 15 is 0 Å². The van der Waals surface area contributed by atoms with E-state index in [1.165, 1.54) is 12.8 Å². The Kier molecular flexibility index (Phi) is 15.6. The van der Waals surface area contributed by atoms with Gasteiger partial charge in [-0.3, -0.25) is 9.79 Å². The van der Waals surface area contributed by atoms with E-state index in [9.17, 15) is 4.79 Å². The first-order valence-electron chi connectivity index (χ1n) is 7.59. The van der Waals surface area contributed by atoms with Crippen molar-refractivity contribution in [2.45, 2.75) is 59.5 Å². The smallest absolute Gasteiger partial charge is 0.307 e. The first-order valence-corrected chi connectivity index (χ1v) is 7.59. The van der Waals surface area contributed by atoms with E-state index in [0.717, 1.165) is 24.8 Å². The molecule has 0 radical (unpaired) electrons. The van der Waals surface area contributed by atoms with Crippen molar-refractivity contribution < 1.29 is 9.53 Å². The minimum Gasteiger partial charge on any atom is -0.463 e. The molecule has 0 saturated heterocycles. The summed E-state index contributed by atoms with van der Waals surface area (Å²) in [6.45, 7) is 9.63. The second-order valence-corrected chi connectivity index (χ2v) is 5.60. The molecule has 0 aromatic heterocycles. The summed E-state index contributed by atoms with van der Waals surface area (Å²) in [5.74, 6) is 1.33. The number of unbranched alkanes of at least 4 members (excludes halogenated alkanes) is 1. The van der Waals surface area contributed by atoms with Crippen LogP contribution in [0.15, 0.2) is 4.99 Å². The van der Waals surface area contributed by atoms with Gasteiger partial charge in [-0.15, -0.1) is 24.0 Å². The summed E-state index contributed by atoms with van der Waals surface area (Å²) in [6.07, 6.45) is 3.92. The molecule has 0 aliphatic carbocycles. The van der Waals surface area contributed by atoms with Gasteiger partial charge >= 0.3 is 5.97 Å². The first kappa shape index (κ1) is 22.7. The molecule has 0 saturated carbocycles. The van der Waals surface area contributed by atoms with Crippen LogP contribution in [0, 0.1) is 5.92 Å². The lowest BCUT2D eigenvalue weighted by molar-refractivity contribution is -0.147. The van der Waals surface area contributed by atoms with Crippen LogP contribution >= 0.6 is 24.0 Å². The maximum Gasteiger partial charge on any atom is 0.307 e. The quantitative estimate of drug-likeness (QED) is 0.201. The molecule has 0 amide bonds. The Bertz CT molecular complexity index is 295. The van der Waals surface area contributed by atoms with Gasteiger partial charge in [-0.2, -0.15) is 0 Å². The van der Waals surface area contributed by atoms with E-state index < -0.39 is 0 Å². The molecule has 2 N–H and O–H groups in total. The maximum absolute atomic E-state index is 11.4. The molecule has 0 aliphatic rings. The van der Waals surface area contributed by atoms with Crippen LogP contribution in [0.4, 0.5) is 0 Å². The highest BCUT2D eigenvalue weighted by Gasteiger charge is 2.05. The maximum atomic E-state index is 11.4. The highest BCUT2D eigenvalue weighted by Crippen LogP contribution is 2.04. The number of rotatable bonds is 9. The third-order valence-corrected chi connectivity index (χ3v) is 2.71. The molecule has 0 bridgehead atoms.